The van der Waals surface area contributed by atoms with E-state index in [0.717, 1.165) is 27.3 Å². The maximum Gasteiger partial charge on any atom is 0.0637 e. The van der Waals surface area contributed by atoms with Gasteiger partial charge in [0.15, 0.2) is 0 Å². The standard InChI is InChI=1S/C20H26BrClN2/c1-19(2,3)23-17-11-10-14(12-15(17)21)13-20(4,5)24-18-9-7-6-8-16(18)22/h6-12,23-24H,13H2,1-5H3. The van der Waals surface area contributed by atoms with Gasteiger partial charge in [-0.3, -0.25) is 0 Å². The van der Waals surface area contributed by atoms with Gasteiger partial charge < -0.3 is 10.6 Å². The lowest BCUT2D eigenvalue weighted by molar-refractivity contribution is 0.564. The number of anilines is 2. The zero-order valence-corrected chi connectivity index (χ0v) is 17.3. The molecule has 0 aliphatic carbocycles. The molecular formula is C20H26BrClN2. The zero-order valence-electron chi connectivity index (χ0n) is 15.0. The molecule has 0 aliphatic heterocycles. The van der Waals surface area contributed by atoms with Crippen LogP contribution >= 0.6 is 27.5 Å². The Labute approximate surface area is 159 Å². The molecule has 0 saturated heterocycles. The molecule has 0 bridgehead atoms. The number of halogens is 2. The van der Waals surface area contributed by atoms with Crippen LogP contribution in [0.3, 0.4) is 0 Å². The lowest BCUT2D eigenvalue weighted by atomic mass is 9.94. The minimum absolute atomic E-state index is 0.0366. The van der Waals surface area contributed by atoms with E-state index in [9.17, 15) is 0 Å². The minimum Gasteiger partial charge on any atom is -0.380 e. The van der Waals surface area contributed by atoms with E-state index in [2.05, 4.69) is 79.4 Å². The molecule has 2 aromatic carbocycles. The molecular weight excluding hydrogens is 384 g/mol. The van der Waals surface area contributed by atoms with Crippen molar-refractivity contribution in [3.63, 3.8) is 0 Å². The number of benzene rings is 2. The molecule has 0 radical (unpaired) electrons. The average Bonchev–Trinajstić information content (AvgIpc) is 2.42. The molecule has 0 spiro atoms. The Bertz CT molecular complexity index is 705. The van der Waals surface area contributed by atoms with Gasteiger partial charge in [0.25, 0.3) is 0 Å². The number of rotatable bonds is 5. The molecule has 2 aromatic rings. The summed E-state index contributed by atoms with van der Waals surface area (Å²) in [6, 6.07) is 14.3. The fourth-order valence-electron chi connectivity index (χ4n) is 2.66. The van der Waals surface area contributed by atoms with Gasteiger partial charge in [-0.1, -0.05) is 29.8 Å². The van der Waals surface area contributed by atoms with Gasteiger partial charge in [-0.25, -0.2) is 0 Å². The summed E-state index contributed by atoms with van der Waals surface area (Å²) in [7, 11) is 0. The Balaban J connectivity index is 2.12. The summed E-state index contributed by atoms with van der Waals surface area (Å²) in [4.78, 5) is 0. The number of hydrogen-bond donors (Lipinski definition) is 2. The fraction of sp³-hybridized carbons (Fsp3) is 0.400. The summed E-state index contributed by atoms with van der Waals surface area (Å²) in [5.74, 6) is 0. The van der Waals surface area contributed by atoms with Crippen LogP contribution in [0.25, 0.3) is 0 Å². The highest BCUT2D eigenvalue weighted by Gasteiger charge is 2.20. The average molecular weight is 410 g/mol. The second-order valence-corrected chi connectivity index (χ2v) is 9.12. The highest BCUT2D eigenvalue weighted by atomic mass is 79.9. The monoisotopic (exact) mass is 408 g/mol. The van der Waals surface area contributed by atoms with E-state index in [1.165, 1.54) is 5.56 Å². The molecule has 0 saturated carbocycles. The lowest BCUT2D eigenvalue weighted by Crippen LogP contribution is -2.33. The fourth-order valence-corrected chi connectivity index (χ4v) is 3.36. The molecule has 0 fully saturated rings. The molecule has 24 heavy (non-hydrogen) atoms. The summed E-state index contributed by atoms with van der Waals surface area (Å²) in [5, 5.41) is 7.80. The second kappa shape index (κ2) is 7.37. The largest absolute Gasteiger partial charge is 0.380 e. The second-order valence-electron chi connectivity index (χ2n) is 7.85. The van der Waals surface area contributed by atoms with Crippen LogP contribution in [0.1, 0.15) is 40.2 Å². The van der Waals surface area contributed by atoms with Gasteiger partial charge in [0.05, 0.1) is 10.7 Å². The highest BCUT2D eigenvalue weighted by Crippen LogP contribution is 2.30. The van der Waals surface area contributed by atoms with Crippen molar-refractivity contribution >= 4 is 38.9 Å². The lowest BCUT2D eigenvalue weighted by Gasteiger charge is -2.29. The van der Waals surface area contributed by atoms with E-state index in [1.54, 1.807) is 0 Å². The van der Waals surface area contributed by atoms with E-state index < -0.39 is 0 Å². The topological polar surface area (TPSA) is 24.1 Å². The van der Waals surface area contributed by atoms with E-state index in [1.807, 2.05) is 24.3 Å². The van der Waals surface area contributed by atoms with E-state index in [0.29, 0.717) is 0 Å². The van der Waals surface area contributed by atoms with Crippen molar-refractivity contribution in [1.29, 1.82) is 0 Å². The molecule has 0 heterocycles. The Hall–Kier alpha value is -1.19. The van der Waals surface area contributed by atoms with Gasteiger partial charge in [0.1, 0.15) is 0 Å². The molecule has 0 aliphatic rings. The van der Waals surface area contributed by atoms with Gasteiger partial charge in [-0.15, -0.1) is 0 Å². The van der Waals surface area contributed by atoms with Crippen LogP contribution in [0.4, 0.5) is 11.4 Å². The van der Waals surface area contributed by atoms with Crippen LogP contribution in [0.15, 0.2) is 46.9 Å². The quantitative estimate of drug-likeness (QED) is 0.571. The molecule has 4 heteroatoms. The summed E-state index contributed by atoms with van der Waals surface area (Å²) >= 11 is 9.94. The number of nitrogens with one attached hydrogen (secondary N) is 2. The number of hydrogen-bond acceptors (Lipinski definition) is 2. The Morgan fingerprint density at radius 2 is 1.58 bits per heavy atom. The SMILES string of the molecule is CC(C)(C)Nc1ccc(CC(C)(C)Nc2ccccc2Cl)cc1Br. The molecule has 0 unspecified atom stereocenters. The molecule has 2 nitrogen and oxygen atoms in total. The first-order valence-electron chi connectivity index (χ1n) is 8.15. The zero-order chi connectivity index (χ0) is 18.0. The predicted molar refractivity (Wildman–Crippen MR) is 110 cm³/mol. The molecule has 2 rings (SSSR count). The van der Waals surface area contributed by atoms with Crippen LogP contribution in [0.2, 0.25) is 5.02 Å². The smallest absolute Gasteiger partial charge is 0.0637 e. The van der Waals surface area contributed by atoms with Crippen molar-refractivity contribution in [3.8, 4) is 0 Å². The Morgan fingerprint density at radius 3 is 2.17 bits per heavy atom. The van der Waals surface area contributed by atoms with Crippen LogP contribution < -0.4 is 10.6 Å². The minimum atomic E-state index is -0.108. The maximum absolute atomic E-state index is 6.26. The predicted octanol–water partition coefficient (Wildman–Crippen LogP) is 6.75. The third kappa shape index (κ3) is 5.71. The van der Waals surface area contributed by atoms with Crippen LogP contribution in [-0.4, -0.2) is 11.1 Å². The summed E-state index contributed by atoms with van der Waals surface area (Å²) in [6.45, 7) is 10.8. The first-order valence-corrected chi connectivity index (χ1v) is 9.32. The highest BCUT2D eigenvalue weighted by molar-refractivity contribution is 9.10. The van der Waals surface area contributed by atoms with Crippen molar-refractivity contribution in [2.75, 3.05) is 10.6 Å². The van der Waals surface area contributed by atoms with Gasteiger partial charge in [-0.2, -0.15) is 0 Å². The summed E-state index contributed by atoms with van der Waals surface area (Å²) in [6.07, 6.45) is 0.895. The van der Waals surface area contributed by atoms with Gasteiger partial charge >= 0.3 is 0 Å². The molecule has 130 valence electrons. The normalized spacial score (nSPS) is 12.1. The first-order chi connectivity index (χ1) is 11.1. The van der Waals surface area contributed by atoms with Crippen molar-refractivity contribution in [3.05, 3.63) is 57.5 Å². The van der Waals surface area contributed by atoms with Crippen molar-refractivity contribution in [2.24, 2.45) is 0 Å². The van der Waals surface area contributed by atoms with Gasteiger partial charge in [0, 0.05) is 21.2 Å². The van der Waals surface area contributed by atoms with Crippen molar-refractivity contribution in [1.82, 2.24) is 0 Å². The first kappa shape index (κ1) is 19.1. The van der Waals surface area contributed by atoms with Crippen molar-refractivity contribution < 1.29 is 0 Å². The summed E-state index contributed by atoms with van der Waals surface area (Å²) in [5.41, 5.74) is 3.28. The van der Waals surface area contributed by atoms with E-state index >= 15 is 0 Å². The van der Waals surface area contributed by atoms with Gasteiger partial charge in [0.2, 0.25) is 0 Å². The number of para-hydroxylation sites is 1. The molecule has 0 atom stereocenters. The Kier molecular flexibility index (Phi) is 5.87. The van der Waals surface area contributed by atoms with Crippen LogP contribution in [-0.2, 0) is 6.42 Å². The van der Waals surface area contributed by atoms with E-state index in [-0.39, 0.29) is 11.1 Å². The van der Waals surface area contributed by atoms with Gasteiger partial charge in [-0.05, 0) is 86.8 Å². The molecule has 2 N–H and O–H groups in total. The van der Waals surface area contributed by atoms with Crippen LogP contribution in [0.5, 0.6) is 0 Å². The van der Waals surface area contributed by atoms with E-state index in [4.69, 9.17) is 11.6 Å². The maximum atomic E-state index is 6.26. The third-order valence-electron chi connectivity index (χ3n) is 3.54. The molecule has 0 aromatic heterocycles. The molecule has 0 amide bonds. The summed E-state index contributed by atoms with van der Waals surface area (Å²) < 4.78 is 1.09. The van der Waals surface area contributed by atoms with Crippen LogP contribution in [0, 0.1) is 0 Å². The third-order valence-corrected chi connectivity index (χ3v) is 4.52. The Morgan fingerprint density at radius 1 is 0.917 bits per heavy atom. The van der Waals surface area contributed by atoms with Crippen molar-refractivity contribution in [2.45, 2.75) is 52.1 Å².